The van der Waals surface area contributed by atoms with Crippen LogP contribution in [0.1, 0.15) is 72.1 Å². The third-order valence-corrected chi connectivity index (χ3v) is 10.6. The maximum atomic E-state index is 6.84. The van der Waals surface area contributed by atoms with E-state index < -0.39 is 5.41 Å². The minimum Gasteiger partial charge on any atom is -0.397 e. The van der Waals surface area contributed by atoms with Gasteiger partial charge in [-0.15, -0.1) is 0 Å². The average Bonchev–Trinajstić information content (AvgIpc) is 2.88. The first-order chi connectivity index (χ1) is 17.6. The molecule has 200 valence electrons. The highest BCUT2D eigenvalue weighted by Crippen LogP contribution is 2.70. The van der Waals surface area contributed by atoms with E-state index in [1.165, 1.54) is 5.57 Å². The maximum absolute atomic E-state index is 6.84. The molecular weight excluding hydrogens is 464 g/mol. The van der Waals surface area contributed by atoms with Crippen LogP contribution in [-0.4, -0.2) is 0 Å². The number of anilines is 4. The van der Waals surface area contributed by atoms with Crippen LogP contribution in [0, 0.1) is 21.7 Å². The van der Waals surface area contributed by atoms with E-state index in [0.29, 0.717) is 22.7 Å². The van der Waals surface area contributed by atoms with Crippen molar-refractivity contribution in [1.82, 2.24) is 0 Å². The molecule has 0 aromatic heterocycles. The van der Waals surface area contributed by atoms with Crippen molar-refractivity contribution >= 4 is 33.9 Å². The van der Waals surface area contributed by atoms with Gasteiger partial charge < -0.3 is 22.9 Å². The Morgan fingerprint density at radius 3 is 1.55 bits per heavy atom. The van der Waals surface area contributed by atoms with Crippen LogP contribution < -0.4 is 22.9 Å². The number of benzene rings is 3. The average molecular weight is 509 g/mol. The van der Waals surface area contributed by atoms with Crippen LogP contribution in [0.5, 0.6) is 0 Å². The summed E-state index contributed by atoms with van der Waals surface area (Å²) in [5.74, 6) is 0. The fourth-order valence-electron chi connectivity index (χ4n) is 6.40. The van der Waals surface area contributed by atoms with Crippen LogP contribution in [0.4, 0.5) is 22.7 Å². The molecule has 0 saturated carbocycles. The van der Waals surface area contributed by atoms with Gasteiger partial charge in [-0.25, -0.2) is 0 Å². The topological polar surface area (TPSA) is 104 Å². The summed E-state index contributed by atoms with van der Waals surface area (Å²) in [6.07, 6.45) is 2.46. The zero-order valence-electron chi connectivity index (χ0n) is 24.2. The molecule has 0 amide bonds. The summed E-state index contributed by atoms with van der Waals surface area (Å²) in [7, 11) is 0. The van der Waals surface area contributed by atoms with Crippen LogP contribution in [-0.2, 0) is 0 Å². The number of nitrogen functional groups attached to an aromatic ring is 4. The number of hydrogen-bond donors (Lipinski definition) is 4. The van der Waals surface area contributed by atoms with Gasteiger partial charge in [0.25, 0.3) is 0 Å². The fraction of sp³-hybridized carbons (Fsp3) is 0.353. The van der Waals surface area contributed by atoms with Crippen molar-refractivity contribution in [2.24, 2.45) is 21.7 Å². The number of nitrogens with two attached hydrogens (primary N) is 4. The van der Waals surface area contributed by atoms with Crippen LogP contribution in [0.25, 0.3) is 11.1 Å². The van der Waals surface area contributed by atoms with Gasteiger partial charge in [-0.2, -0.15) is 0 Å². The van der Waals surface area contributed by atoms with E-state index in [2.05, 4.69) is 110 Å². The molecule has 8 N–H and O–H groups in total. The predicted octanol–water partition coefficient (Wildman–Crippen LogP) is 8.02. The Balaban J connectivity index is 2.31. The molecule has 3 aromatic rings. The Kier molecular flexibility index (Phi) is 6.46. The summed E-state index contributed by atoms with van der Waals surface area (Å²) in [4.78, 5) is 0. The monoisotopic (exact) mass is 508 g/mol. The summed E-state index contributed by atoms with van der Waals surface area (Å²) in [5, 5.41) is 0. The lowest BCUT2D eigenvalue weighted by atomic mass is 9.40. The zero-order valence-corrected chi connectivity index (χ0v) is 24.2. The van der Waals surface area contributed by atoms with E-state index in [1.807, 2.05) is 18.2 Å². The van der Waals surface area contributed by atoms with Gasteiger partial charge in [0, 0.05) is 11.0 Å². The van der Waals surface area contributed by atoms with Gasteiger partial charge in [0.2, 0.25) is 0 Å². The van der Waals surface area contributed by atoms with Gasteiger partial charge in [-0.1, -0.05) is 121 Å². The minimum atomic E-state index is -0.458. The van der Waals surface area contributed by atoms with E-state index in [-0.39, 0.29) is 16.2 Å². The molecule has 0 bridgehead atoms. The largest absolute Gasteiger partial charge is 0.397 e. The lowest BCUT2D eigenvalue weighted by Gasteiger charge is -2.64. The molecule has 1 aliphatic carbocycles. The molecule has 0 spiro atoms. The number of allylic oxidation sites excluding steroid dienone is 3. The normalized spacial score (nSPS) is 21.4. The minimum absolute atomic E-state index is 0.0223. The lowest BCUT2D eigenvalue weighted by Crippen LogP contribution is -2.56. The van der Waals surface area contributed by atoms with Crippen LogP contribution >= 0.6 is 0 Å². The van der Waals surface area contributed by atoms with Crippen molar-refractivity contribution in [3.8, 4) is 0 Å². The standard InChI is InChI=1S/C34H44N4/c1-21-20-34(8,33(6,7)32(4,5)31(21,2)3)27(24-19-25(35)29(37)30(38)28(24)36)26(22-15-11-9-12-16-22)23-17-13-10-14-18-23/h9-20H,35-38H2,1-8H3. The van der Waals surface area contributed by atoms with E-state index in [1.54, 1.807) is 0 Å². The SMILES string of the molecule is CC1=CC(C)(C(=C(c2ccccc2)c2ccccc2)c2cc(N)c(N)c(N)c2N)C(C)(C)C(C)(C)C1(C)C. The van der Waals surface area contributed by atoms with Crippen molar-refractivity contribution < 1.29 is 0 Å². The Labute approximate surface area is 228 Å². The van der Waals surface area contributed by atoms with Crippen molar-refractivity contribution in [3.63, 3.8) is 0 Å². The van der Waals surface area contributed by atoms with E-state index in [4.69, 9.17) is 22.9 Å². The molecular formula is C34H44N4. The van der Waals surface area contributed by atoms with Crippen LogP contribution in [0.2, 0.25) is 0 Å². The van der Waals surface area contributed by atoms with Crippen molar-refractivity contribution in [2.75, 3.05) is 22.9 Å². The van der Waals surface area contributed by atoms with Gasteiger partial charge in [0.1, 0.15) is 0 Å². The van der Waals surface area contributed by atoms with Gasteiger partial charge in [-0.3, -0.25) is 0 Å². The summed E-state index contributed by atoms with van der Waals surface area (Å²) in [6, 6.07) is 22.9. The van der Waals surface area contributed by atoms with E-state index in [0.717, 1.165) is 27.8 Å². The van der Waals surface area contributed by atoms with Crippen molar-refractivity contribution in [3.05, 3.63) is 95.1 Å². The molecule has 0 radical (unpaired) electrons. The molecule has 0 saturated heterocycles. The molecule has 0 fully saturated rings. The van der Waals surface area contributed by atoms with Gasteiger partial charge in [-0.05, 0) is 51.5 Å². The summed E-state index contributed by atoms with van der Waals surface area (Å²) in [5.41, 5.74) is 33.4. The smallest absolute Gasteiger partial charge is 0.0809 e. The maximum Gasteiger partial charge on any atom is 0.0809 e. The Morgan fingerprint density at radius 1 is 0.605 bits per heavy atom. The summed E-state index contributed by atoms with van der Waals surface area (Å²) >= 11 is 0. The lowest BCUT2D eigenvalue weighted by molar-refractivity contribution is -0.0597. The van der Waals surface area contributed by atoms with Gasteiger partial charge >= 0.3 is 0 Å². The first-order valence-electron chi connectivity index (χ1n) is 13.4. The third kappa shape index (κ3) is 3.73. The van der Waals surface area contributed by atoms with Crippen molar-refractivity contribution in [2.45, 2.75) is 55.4 Å². The molecule has 4 rings (SSSR count). The zero-order chi connectivity index (χ0) is 28.3. The Morgan fingerprint density at radius 2 is 1.08 bits per heavy atom. The second-order valence-electron chi connectivity index (χ2n) is 12.6. The second-order valence-corrected chi connectivity index (χ2v) is 12.6. The first-order valence-corrected chi connectivity index (χ1v) is 13.4. The molecule has 0 aliphatic heterocycles. The quantitative estimate of drug-likeness (QED) is 0.163. The summed E-state index contributed by atoms with van der Waals surface area (Å²) in [6.45, 7) is 18.8. The molecule has 1 unspecified atom stereocenters. The van der Waals surface area contributed by atoms with Crippen molar-refractivity contribution in [1.29, 1.82) is 0 Å². The van der Waals surface area contributed by atoms with Gasteiger partial charge in [0.15, 0.2) is 0 Å². The molecule has 0 heterocycles. The Bertz CT molecular complexity index is 1380. The third-order valence-electron chi connectivity index (χ3n) is 10.6. The molecule has 38 heavy (non-hydrogen) atoms. The molecule has 1 atom stereocenters. The highest BCUT2D eigenvalue weighted by Gasteiger charge is 2.61. The molecule has 4 heteroatoms. The van der Waals surface area contributed by atoms with E-state index in [9.17, 15) is 0 Å². The number of rotatable bonds is 4. The number of hydrogen-bond acceptors (Lipinski definition) is 4. The predicted molar refractivity (Wildman–Crippen MR) is 166 cm³/mol. The Hall–Kier alpha value is -3.66. The van der Waals surface area contributed by atoms with Crippen LogP contribution in [0.3, 0.4) is 0 Å². The molecule has 1 aliphatic rings. The highest BCUT2D eigenvalue weighted by atomic mass is 14.8. The summed E-state index contributed by atoms with van der Waals surface area (Å²) < 4.78 is 0. The van der Waals surface area contributed by atoms with Gasteiger partial charge in [0.05, 0.1) is 22.7 Å². The van der Waals surface area contributed by atoms with E-state index >= 15 is 0 Å². The first kappa shape index (κ1) is 27.4. The second kappa shape index (κ2) is 8.97. The molecule has 4 nitrogen and oxygen atoms in total. The molecule has 3 aromatic carbocycles. The fourth-order valence-corrected chi connectivity index (χ4v) is 6.40. The van der Waals surface area contributed by atoms with Crippen LogP contribution in [0.15, 0.2) is 78.4 Å². The highest BCUT2D eigenvalue weighted by molar-refractivity contribution is 6.06.